The predicted octanol–water partition coefficient (Wildman–Crippen LogP) is 2.50. The van der Waals surface area contributed by atoms with Crippen molar-refractivity contribution < 1.29 is 13.2 Å². The van der Waals surface area contributed by atoms with Gasteiger partial charge in [-0.25, -0.2) is 13.4 Å². The monoisotopic (exact) mass is 354 g/mol. The van der Waals surface area contributed by atoms with Gasteiger partial charge >= 0.3 is 0 Å². The predicted molar refractivity (Wildman–Crippen MR) is 79.4 cm³/mol. The van der Waals surface area contributed by atoms with Crippen LogP contribution in [0.2, 0.25) is 0 Å². The van der Waals surface area contributed by atoms with Crippen LogP contribution in [-0.4, -0.2) is 25.6 Å². The number of rotatable bonds is 3. The number of carbonyl (C=O) groups excluding carboxylic acids is 1. The van der Waals surface area contributed by atoms with Gasteiger partial charge in [0, 0.05) is 18.0 Å². The molecule has 0 saturated heterocycles. The van der Waals surface area contributed by atoms with Crippen LogP contribution in [0.5, 0.6) is 0 Å². The number of hydrogen-bond donors (Lipinski definition) is 1. The van der Waals surface area contributed by atoms with Crippen molar-refractivity contribution in [3.8, 4) is 0 Å². The third-order valence-electron chi connectivity index (χ3n) is 2.55. The average molecular weight is 355 g/mol. The topological polar surface area (TPSA) is 76.1 Å². The van der Waals surface area contributed by atoms with E-state index >= 15 is 0 Å². The number of sulfone groups is 1. The lowest BCUT2D eigenvalue weighted by molar-refractivity contribution is 0.102. The lowest BCUT2D eigenvalue weighted by Gasteiger charge is -2.07. The van der Waals surface area contributed by atoms with Gasteiger partial charge in [0.05, 0.1) is 10.6 Å². The van der Waals surface area contributed by atoms with Gasteiger partial charge in [-0.1, -0.05) is 0 Å². The Labute approximate surface area is 125 Å². The molecule has 20 heavy (non-hydrogen) atoms. The Bertz CT molecular complexity index is 742. The molecule has 0 aliphatic rings. The van der Waals surface area contributed by atoms with E-state index in [1.165, 1.54) is 24.3 Å². The van der Waals surface area contributed by atoms with Crippen LogP contribution in [0, 0.1) is 0 Å². The molecule has 1 aromatic heterocycles. The number of pyridine rings is 1. The maximum Gasteiger partial charge on any atom is 0.255 e. The van der Waals surface area contributed by atoms with E-state index in [1.807, 2.05) is 0 Å². The van der Waals surface area contributed by atoms with E-state index in [1.54, 1.807) is 18.3 Å². The van der Waals surface area contributed by atoms with Crippen LogP contribution >= 0.6 is 15.9 Å². The van der Waals surface area contributed by atoms with Crippen LogP contribution in [0.3, 0.4) is 0 Å². The van der Waals surface area contributed by atoms with E-state index in [9.17, 15) is 13.2 Å². The average Bonchev–Trinajstić information content (AvgIpc) is 2.40. The number of benzene rings is 1. The first-order valence-corrected chi connectivity index (χ1v) is 8.28. The van der Waals surface area contributed by atoms with E-state index < -0.39 is 9.84 Å². The highest BCUT2D eigenvalue weighted by molar-refractivity contribution is 9.10. The highest BCUT2D eigenvalue weighted by Crippen LogP contribution is 2.19. The first kappa shape index (κ1) is 14.7. The second-order valence-corrected chi connectivity index (χ2v) is 6.86. The maximum atomic E-state index is 12.0. The van der Waals surface area contributed by atoms with Gasteiger partial charge in [-0.15, -0.1) is 0 Å². The summed E-state index contributed by atoms with van der Waals surface area (Å²) in [4.78, 5) is 16.2. The Hall–Kier alpha value is -1.73. The van der Waals surface area contributed by atoms with Gasteiger partial charge in [0.15, 0.2) is 9.84 Å². The highest BCUT2D eigenvalue weighted by atomic mass is 79.9. The van der Waals surface area contributed by atoms with E-state index in [0.717, 1.165) is 6.26 Å². The van der Waals surface area contributed by atoms with Gasteiger partial charge in [-0.05, 0) is 52.3 Å². The summed E-state index contributed by atoms with van der Waals surface area (Å²) >= 11 is 3.23. The zero-order valence-corrected chi connectivity index (χ0v) is 12.9. The van der Waals surface area contributed by atoms with Crippen molar-refractivity contribution >= 4 is 37.4 Å². The van der Waals surface area contributed by atoms with Crippen molar-refractivity contribution in [1.82, 2.24) is 4.98 Å². The Morgan fingerprint density at radius 1 is 1.20 bits per heavy atom. The smallest absolute Gasteiger partial charge is 0.255 e. The Kier molecular flexibility index (Phi) is 4.20. The van der Waals surface area contributed by atoms with Gasteiger partial charge < -0.3 is 5.32 Å². The van der Waals surface area contributed by atoms with E-state index in [2.05, 4.69) is 26.2 Å². The summed E-state index contributed by atoms with van der Waals surface area (Å²) < 4.78 is 23.2. The Morgan fingerprint density at radius 2 is 1.85 bits per heavy atom. The summed E-state index contributed by atoms with van der Waals surface area (Å²) in [7, 11) is -3.26. The molecule has 104 valence electrons. The quantitative estimate of drug-likeness (QED) is 0.859. The van der Waals surface area contributed by atoms with Gasteiger partial charge in [0.1, 0.15) is 4.60 Å². The number of anilines is 1. The number of nitrogens with zero attached hydrogens (tertiary/aromatic N) is 1. The zero-order valence-electron chi connectivity index (χ0n) is 10.5. The fourth-order valence-corrected chi connectivity index (χ4v) is 2.51. The van der Waals surface area contributed by atoms with Gasteiger partial charge in [-0.3, -0.25) is 4.79 Å². The molecule has 0 unspecified atom stereocenters. The molecular formula is C13H11BrN2O3S. The summed E-state index contributed by atoms with van der Waals surface area (Å²) in [6.07, 6.45) is 2.72. The molecule has 1 heterocycles. The second kappa shape index (κ2) is 5.72. The third kappa shape index (κ3) is 3.43. The Balaban J connectivity index is 2.20. The molecule has 0 saturated carbocycles. The van der Waals surface area contributed by atoms with Crippen molar-refractivity contribution in [3.05, 3.63) is 52.8 Å². The van der Waals surface area contributed by atoms with Crippen LogP contribution in [0.25, 0.3) is 0 Å². The molecule has 2 rings (SSSR count). The minimum absolute atomic E-state index is 0.177. The minimum Gasteiger partial charge on any atom is -0.320 e. The first-order chi connectivity index (χ1) is 9.38. The number of hydrogen-bond acceptors (Lipinski definition) is 4. The summed E-state index contributed by atoms with van der Waals surface area (Å²) in [5, 5.41) is 2.69. The number of carbonyl (C=O) groups is 1. The zero-order chi connectivity index (χ0) is 14.8. The number of nitrogens with one attached hydrogen (secondary N) is 1. The van der Waals surface area contributed by atoms with E-state index in [-0.39, 0.29) is 10.8 Å². The van der Waals surface area contributed by atoms with Crippen LogP contribution < -0.4 is 5.32 Å². The number of aromatic nitrogens is 1. The summed E-state index contributed by atoms with van der Waals surface area (Å²) in [6, 6.07) is 9.16. The van der Waals surface area contributed by atoms with Crippen LogP contribution in [0.1, 0.15) is 10.4 Å². The Morgan fingerprint density at radius 3 is 2.40 bits per heavy atom. The molecule has 0 atom stereocenters. The molecule has 1 amide bonds. The molecule has 7 heteroatoms. The third-order valence-corrected chi connectivity index (χ3v) is 4.31. The number of amides is 1. The molecule has 5 nitrogen and oxygen atoms in total. The normalized spacial score (nSPS) is 11.1. The molecule has 1 N–H and O–H groups in total. The van der Waals surface area contributed by atoms with Crippen LogP contribution in [-0.2, 0) is 9.84 Å². The molecule has 0 bridgehead atoms. The van der Waals surface area contributed by atoms with Gasteiger partial charge in [0.2, 0.25) is 0 Å². The van der Waals surface area contributed by atoms with E-state index in [0.29, 0.717) is 15.9 Å². The lowest BCUT2D eigenvalue weighted by Crippen LogP contribution is -2.12. The number of halogens is 1. The first-order valence-electron chi connectivity index (χ1n) is 5.60. The van der Waals surface area contributed by atoms with Crippen molar-refractivity contribution in [2.75, 3.05) is 11.6 Å². The van der Waals surface area contributed by atoms with Crippen molar-refractivity contribution in [1.29, 1.82) is 0 Å². The van der Waals surface area contributed by atoms with Crippen molar-refractivity contribution in [2.24, 2.45) is 0 Å². The molecule has 0 aliphatic heterocycles. The maximum absolute atomic E-state index is 12.0. The fourth-order valence-electron chi connectivity index (χ4n) is 1.53. The molecule has 0 aliphatic carbocycles. The highest BCUT2D eigenvalue weighted by Gasteiger charge is 2.11. The van der Waals surface area contributed by atoms with Crippen molar-refractivity contribution in [2.45, 2.75) is 4.90 Å². The van der Waals surface area contributed by atoms with Crippen LogP contribution in [0.4, 0.5) is 5.69 Å². The lowest BCUT2D eigenvalue weighted by atomic mass is 10.2. The van der Waals surface area contributed by atoms with Gasteiger partial charge in [-0.2, -0.15) is 0 Å². The largest absolute Gasteiger partial charge is 0.320 e. The summed E-state index contributed by atoms with van der Waals surface area (Å²) in [5.41, 5.74) is 0.915. The molecule has 0 spiro atoms. The van der Waals surface area contributed by atoms with Gasteiger partial charge in [0.25, 0.3) is 5.91 Å². The minimum atomic E-state index is -3.26. The van der Waals surface area contributed by atoms with E-state index in [4.69, 9.17) is 0 Å². The van der Waals surface area contributed by atoms with Crippen molar-refractivity contribution in [3.63, 3.8) is 0 Å². The van der Waals surface area contributed by atoms with Crippen LogP contribution in [0.15, 0.2) is 52.1 Å². The molecule has 0 fully saturated rings. The molecule has 2 aromatic rings. The standard InChI is InChI=1S/C13H11BrN2O3S/c1-20(18,19)10-6-4-9(5-7-10)13(17)16-11-3-2-8-15-12(11)14/h2-8H,1H3,(H,16,17). The second-order valence-electron chi connectivity index (χ2n) is 4.09. The summed E-state index contributed by atoms with van der Waals surface area (Å²) in [6.45, 7) is 0. The SMILES string of the molecule is CS(=O)(=O)c1ccc(C(=O)Nc2cccnc2Br)cc1. The molecular weight excluding hydrogens is 344 g/mol. The fraction of sp³-hybridized carbons (Fsp3) is 0.0769. The summed E-state index contributed by atoms with van der Waals surface area (Å²) in [5.74, 6) is -0.334. The molecule has 0 radical (unpaired) electrons. The molecule has 1 aromatic carbocycles.